The molecule has 1 aliphatic rings. The van der Waals surface area contributed by atoms with E-state index < -0.39 is 17.5 Å². The largest absolute Gasteiger partial charge is 0.480 e. The number of carbonyl (C=O) groups is 2. The summed E-state index contributed by atoms with van der Waals surface area (Å²) in [6.45, 7) is 5.14. The molecule has 0 bridgehead atoms. The number of nitrogens with one attached hydrogen (secondary N) is 2. The fraction of sp³-hybridized carbons (Fsp3) is 0.846. The van der Waals surface area contributed by atoms with Gasteiger partial charge in [0.25, 0.3) is 0 Å². The molecule has 3 N–H and O–H groups in total. The van der Waals surface area contributed by atoms with Gasteiger partial charge in [0.1, 0.15) is 5.54 Å². The predicted octanol–water partition coefficient (Wildman–Crippen LogP) is 1.36. The minimum Gasteiger partial charge on any atom is -0.480 e. The van der Waals surface area contributed by atoms with E-state index in [0.29, 0.717) is 19.6 Å². The summed E-state index contributed by atoms with van der Waals surface area (Å²) in [7, 11) is 0. The van der Waals surface area contributed by atoms with Crippen molar-refractivity contribution >= 4 is 12.0 Å². The SMILES string of the molecule is CCC(C)(NC(=O)NCCCOCC1CC1)C(=O)O. The van der Waals surface area contributed by atoms with Gasteiger partial charge in [-0.1, -0.05) is 6.92 Å². The van der Waals surface area contributed by atoms with Crippen molar-refractivity contribution in [2.45, 2.75) is 45.1 Å². The number of carboxylic acids is 1. The van der Waals surface area contributed by atoms with Crippen LogP contribution in [0.1, 0.15) is 39.5 Å². The summed E-state index contributed by atoms with van der Waals surface area (Å²) in [5, 5.41) is 14.1. The molecule has 0 spiro atoms. The highest BCUT2D eigenvalue weighted by atomic mass is 16.5. The van der Waals surface area contributed by atoms with Crippen molar-refractivity contribution in [3.8, 4) is 0 Å². The van der Waals surface area contributed by atoms with Crippen LogP contribution in [-0.4, -0.2) is 42.4 Å². The van der Waals surface area contributed by atoms with Gasteiger partial charge in [-0.15, -0.1) is 0 Å². The Morgan fingerprint density at radius 2 is 2.11 bits per heavy atom. The van der Waals surface area contributed by atoms with E-state index in [0.717, 1.165) is 18.9 Å². The molecule has 0 heterocycles. The van der Waals surface area contributed by atoms with E-state index in [1.54, 1.807) is 6.92 Å². The maximum atomic E-state index is 11.5. The van der Waals surface area contributed by atoms with Gasteiger partial charge in [-0.05, 0) is 38.5 Å². The first-order chi connectivity index (χ1) is 8.98. The Bertz CT molecular complexity index is 318. The zero-order valence-electron chi connectivity index (χ0n) is 11.7. The number of carboxylic acid groups (broad SMARTS) is 1. The summed E-state index contributed by atoms with van der Waals surface area (Å²) < 4.78 is 5.43. The molecule has 6 nitrogen and oxygen atoms in total. The molecular weight excluding hydrogens is 248 g/mol. The second kappa shape index (κ2) is 7.33. The number of aliphatic carboxylic acids is 1. The van der Waals surface area contributed by atoms with E-state index >= 15 is 0 Å². The van der Waals surface area contributed by atoms with E-state index in [1.807, 2.05) is 0 Å². The van der Waals surface area contributed by atoms with Gasteiger partial charge in [0, 0.05) is 19.8 Å². The molecule has 0 aromatic carbocycles. The molecule has 6 heteroatoms. The first kappa shape index (κ1) is 15.8. The summed E-state index contributed by atoms with van der Waals surface area (Å²) in [6.07, 6.45) is 3.60. The minimum atomic E-state index is -1.22. The van der Waals surface area contributed by atoms with Gasteiger partial charge in [-0.25, -0.2) is 9.59 Å². The van der Waals surface area contributed by atoms with Crippen LogP contribution in [0, 0.1) is 5.92 Å². The molecule has 0 radical (unpaired) electrons. The van der Waals surface area contributed by atoms with E-state index in [2.05, 4.69) is 10.6 Å². The van der Waals surface area contributed by atoms with Gasteiger partial charge >= 0.3 is 12.0 Å². The smallest absolute Gasteiger partial charge is 0.329 e. The lowest BCUT2D eigenvalue weighted by Crippen LogP contribution is -2.54. The maximum absolute atomic E-state index is 11.5. The molecule has 1 rings (SSSR count). The Kier molecular flexibility index (Phi) is 6.08. The molecule has 0 aromatic heterocycles. The van der Waals surface area contributed by atoms with Crippen molar-refractivity contribution in [3.63, 3.8) is 0 Å². The first-order valence-corrected chi connectivity index (χ1v) is 6.85. The van der Waals surface area contributed by atoms with Crippen LogP contribution in [0.4, 0.5) is 4.79 Å². The van der Waals surface area contributed by atoms with Crippen molar-refractivity contribution in [3.05, 3.63) is 0 Å². The average molecular weight is 272 g/mol. The summed E-state index contributed by atoms with van der Waals surface area (Å²) in [4.78, 5) is 22.6. The van der Waals surface area contributed by atoms with Gasteiger partial charge in [-0.3, -0.25) is 0 Å². The molecule has 1 aliphatic carbocycles. The van der Waals surface area contributed by atoms with Gasteiger partial charge in [0.2, 0.25) is 0 Å². The molecule has 19 heavy (non-hydrogen) atoms. The zero-order chi connectivity index (χ0) is 14.3. The van der Waals surface area contributed by atoms with Gasteiger partial charge < -0.3 is 20.5 Å². The van der Waals surface area contributed by atoms with Crippen molar-refractivity contribution in [2.24, 2.45) is 5.92 Å². The van der Waals surface area contributed by atoms with Crippen molar-refractivity contribution in [1.82, 2.24) is 10.6 Å². The Morgan fingerprint density at radius 1 is 1.42 bits per heavy atom. The molecule has 0 aromatic rings. The number of carbonyl (C=O) groups excluding carboxylic acids is 1. The van der Waals surface area contributed by atoms with Crippen LogP contribution in [0.3, 0.4) is 0 Å². The molecule has 2 amide bonds. The van der Waals surface area contributed by atoms with Gasteiger partial charge in [-0.2, -0.15) is 0 Å². The van der Waals surface area contributed by atoms with Crippen LogP contribution in [0.2, 0.25) is 0 Å². The monoisotopic (exact) mass is 272 g/mol. The quantitative estimate of drug-likeness (QED) is 0.553. The van der Waals surface area contributed by atoms with Crippen molar-refractivity contribution in [1.29, 1.82) is 0 Å². The summed E-state index contributed by atoms with van der Waals surface area (Å²) >= 11 is 0. The van der Waals surface area contributed by atoms with E-state index in [9.17, 15) is 9.59 Å². The third-order valence-corrected chi connectivity index (χ3v) is 3.37. The molecule has 1 saturated carbocycles. The van der Waals surface area contributed by atoms with Crippen LogP contribution in [-0.2, 0) is 9.53 Å². The highest BCUT2D eigenvalue weighted by Gasteiger charge is 2.32. The Hall–Kier alpha value is -1.30. The molecule has 1 atom stereocenters. The summed E-state index contributed by atoms with van der Waals surface area (Å²) in [6, 6.07) is -0.450. The summed E-state index contributed by atoms with van der Waals surface area (Å²) in [5.41, 5.74) is -1.22. The second-order valence-electron chi connectivity index (χ2n) is 5.24. The van der Waals surface area contributed by atoms with Crippen LogP contribution in [0.25, 0.3) is 0 Å². The fourth-order valence-electron chi connectivity index (χ4n) is 1.50. The number of hydrogen-bond donors (Lipinski definition) is 3. The van der Waals surface area contributed by atoms with Crippen LogP contribution < -0.4 is 10.6 Å². The number of urea groups is 1. The molecule has 110 valence electrons. The minimum absolute atomic E-state index is 0.334. The predicted molar refractivity (Wildman–Crippen MR) is 71.0 cm³/mol. The Balaban J connectivity index is 2.07. The molecular formula is C13H24N2O4. The number of rotatable bonds is 9. The lowest BCUT2D eigenvalue weighted by molar-refractivity contribution is -0.143. The number of ether oxygens (including phenoxy) is 1. The zero-order valence-corrected chi connectivity index (χ0v) is 11.7. The Morgan fingerprint density at radius 3 is 2.63 bits per heavy atom. The maximum Gasteiger partial charge on any atom is 0.329 e. The van der Waals surface area contributed by atoms with Crippen LogP contribution >= 0.6 is 0 Å². The third-order valence-electron chi connectivity index (χ3n) is 3.37. The van der Waals surface area contributed by atoms with E-state index in [-0.39, 0.29) is 0 Å². The normalized spacial score (nSPS) is 17.6. The lowest BCUT2D eigenvalue weighted by Gasteiger charge is -2.24. The first-order valence-electron chi connectivity index (χ1n) is 6.85. The molecule has 0 saturated heterocycles. The van der Waals surface area contributed by atoms with E-state index in [1.165, 1.54) is 19.8 Å². The number of hydrogen-bond acceptors (Lipinski definition) is 3. The standard InChI is InChI=1S/C13H24N2O4/c1-3-13(2,11(16)17)15-12(18)14-7-4-8-19-9-10-5-6-10/h10H,3-9H2,1-2H3,(H,16,17)(H2,14,15,18). The third kappa shape index (κ3) is 5.92. The topological polar surface area (TPSA) is 87.7 Å². The number of amides is 2. The molecule has 1 fully saturated rings. The summed E-state index contributed by atoms with van der Waals surface area (Å²) in [5.74, 6) is -0.282. The van der Waals surface area contributed by atoms with Crippen molar-refractivity contribution in [2.75, 3.05) is 19.8 Å². The average Bonchev–Trinajstić information content (AvgIpc) is 3.17. The van der Waals surface area contributed by atoms with E-state index in [4.69, 9.17) is 9.84 Å². The van der Waals surface area contributed by atoms with Crippen LogP contribution in [0.5, 0.6) is 0 Å². The van der Waals surface area contributed by atoms with Gasteiger partial charge in [0.05, 0.1) is 0 Å². The molecule has 0 aliphatic heterocycles. The van der Waals surface area contributed by atoms with Crippen LogP contribution in [0.15, 0.2) is 0 Å². The fourth-order valence-corrected chi connectivity index (χ4v) is 1.50. The highest BCUT2D eigenvalue weighted by Crippen LogP contribution is 2.28. The second-order valence-corrected chi connectivity index (χ2v) is 5.24. The highest BCUT2D eigenvalue weighted by molar-refractivity contribution is 5.85. The van der Waals surface area contributed by atoms with Gasteiger partial charge in [0.15, 0.2) is 0 Å². The lowest BCUT2D eigenvalue weighted by atomic mass is 10.00. The Labute approximate surface area is 113 Å². The molecule has 1 unspecified atom stereocenters. The van der Waals surface area contributed by atoms with Crippen molar-refractivity contribution < 1.29 is 19.4 Å².